The van der Waals surface area contributed by atoms with Crippen LogP contribution in [0.25, 0.3) is 0 Å². The molecule has 0 N–H and O–H groups in total. The number of rotatable bonds is 5. The summed E-state index contributed by atoms with van der Waals surface area (Å²) in [4.78, 5) is 18.9. The van der Waals surface area contributed by atoms with Gasteiger partial charge in [-0.1, -0.05) is 29.3 Å². The predicted octanol–water partition coefficient (Wildman–Crippen LogP) is 4.12. The van der Waals surface area contributed by atoms with Crippen LogP contribution in [0.15, 0.2) is 30.6 Å². The van der Waals surface area contributed by atoms with Crippen LogP contribution in [0.4, 0.5) is 0 Å². The zero-order chi connectivity index (χ0) is 17.1. The minimum Gasteiger partial charge on any atom is -0.338 e. The number of amides is 1. The third-order valence-electron chi connectivity index (χ3n) is 4.65. The van der Waals surface area contributed by atoms with Crippen LogP contribution in [0, 0.1) is 6.92 Å². The highest BCUT2D eigenvalue weighted by Gasteiger charge is 2.28. The standard InChI is InChI=1S/C18H21Cl2N3O/c1-13-21-8-10-22(13)12-16-3-2-9-23(16)18(24)7-5-14-4-6-15(19)11-17(14)20/h4,6,8,10-11,16H,2-3,5,7,9,12H2,1H3. The maximum Gasteiger partial charge on any atom is 0.223 e. The number of carbonyl (C=O) groups is 1. The van der Waals surface area contributed by atoms with E-state index in [0.29, 0.717) is 22.9 Å². The average Bonchev–Trinajstić information content (AvgIpc) is 3.16. The van der Waals surface area contributed by atoms with Gasteiger partial charge in [0.25, 0.3) is 0 Å². The number of nitrogens with zero attached hydrogens (tertiary/aromatic N) is 3. The quantitative estimate of drug-likeness (QED) is 0.798. The number of aryl methyl sites for hydroxylation is 2. The van der Waals surface area contributed by atoms with Crippen LogP contribution in [0.2, 0.25) is 10.0 Å². The van der Waals surface area contributed by atoms with E-state index in [2.05, 4.69) is 9.55 Å². The molecule has 2 heterocycles. The lowest BCUT2D eigenvalue weighted by Gasteiger charge is -2.25. The number of halogens is 2. The van der Waals surface area contributed by atoms with Crippen molar-refractivity contribution in [2.24, 2.45) is 0 Å². The molecule has 1 aliphatic rings. The number of hydrogen-bond acceptors (Lipinski definition) is 2. The minimum atomic E-state index is 0.196. The van der Waals surface area contributed by atoms with Gasteiger partial charge >= 0.3 is 0 Å². The van der Waals surface area contributed by atoms with Crippen molar-refractivity contribution in [1.82, 2.24) is 14.5 Å². The molecule has 0 bridgehead atoms. The first-order valence-electron chi connectivity index (χ1n) is 8.25. The van der Waals surface area contributed by atoms with E-state index in [4.69, 9.17) is 23.2 Å². The summed E-state index contributed by atoms with van der Waals surface area (Å²) in [5, 5.41) is 1.24. The molecule has 1 amide bonds. The Morgan fingerprint density at radius 1 is 1.38 bits per heavy atom. The zero-order valence-electron chi connectivity index (χ0n) is 13.7. The van der Waals surface area contributed by atoms with Crippen LogP contribution in [0.1, 0.15) is 30.7 Å². The zero-order valence-corrected chi connectivity index (χ0v) is 15.2. The molecule has 1 fully saturated rings. The van der Waals surface area contributed by atoms with Gasteiger partial charge in [0, 0.05) is 48.0 Å². The molecule has 1 aromatic heterocycles. The van der Waals surface area contributed by atoms with E-state index < -0.39 is 0 Å². The monoisotopic (exact) mass is 365 g/mol. The number of carbonyl (C=O) groups excluding carboxylic acids is 1. The lowest BCUT2D eigenvalue weighted by Crippen LogP contribution is -2.38. The molecule has 6 heteroatoms. The second-order valence-corrected chi connectivity index (χ2v) is 7.09. The molecule has 3 rings (SSSR count). The molecule has 1 atom stereocenters. The molecule has 128 valence electrons. The second-order valence-electron chi connectivity index (χ2n) is 6.25. The van der Waals surface area contributed by atoms with Gasteiger partial charge in [0.05, 0.1) is 0 Å². The molecule has 0 saturated carbocycles. The molecule has 1 aromatic carbocycles. The Morgan fingerprint density at radius 2 is 2.21 bits per heavy atom. The van der Waals surface area contributed by atoms with Gasteiger partial charge in [-0.3, -0.25) is 4.79 Å². The van der Waals surface area contributed by atoms with Crippen LogP contribution in [-0.2, 0) is 17.8 Å². The van der Waals surface area contributed by atoms with Gasteiger partial charge in [0.1, 0.15) is 5.82 Å². The first-order chi connectivity index (χ1) is 11.5. The lowest BCUT2D eigenvalue weighted by molar-refractivity contribution is -0.132. The molecule has 0 radical (unpaired) electrons. The van der Waals surface area contributed by atoms with Crippen LogP contribution < -0.4 is 0 Å². The molecular weight excluding hydrogens is 345 g/mol. The maximum atomic E-state index is 12.7. The van der Waals surface area contributed by atoms with Crippen molar-refractivity contribution < 1.29 is 4.79 Å². The van der Waals surface area contributed by atoms with Gasteiger partial charge in [0.2, 0.25) is 5.91 Å². The van der Waals surface area contributed by atoms with Crippen molar-refractivity contribution in [3.05, 3.63) is 52.0 Å². The molecule has 0 aliphatic carbocycles. The van der Waals surface area contributed by atoms with Crippen LogP contribution in [0.5, 0.6) is 0 Å². The van der Waals surface area contributed by atoms with Crippen molar-refractivity contribution in [3.8, 4) is 0 Å². The highest BCUT2D eigenvalue weighted by molar-refractivity contribution is 6.35. The van der Waals surface area contributed by atoms with Crippen LogP contribution in [0.3, 0.4) is 0 Å². The van der Waals surface area contributed by atoms with Crippen LogP contribution >= 0.6 is 23.2 Å². The predicted molar refractivity (Wildman–Crippen MR) is 96.5 cm³/mol. The number of imidazole rings is 1. The topological polar surface area (TPSA) is 38.1 Å². The largest absolute Gasteiger partial charge is 0.338 e. The number of benzene rings is 1. The normalized spacial score (nSPS) is 17.5. The maximum absolute atomic E-state index is 12.7. The van der Waals surface area contributed by atoms with Gasteiger partial charge in [-0.05, 0) is 43.9 Å². The lowest BCUT2D eigenvalue weighted by atomic mass is 10.1. The van der Waals surface area contributed by atoms with E-state index in [1.165, 1.54) is 0 Å². The summed E-state index contributed by atoms with van der Waals surface area (Å²) >= 11 is 12.1. The van der Waals surface area contributed by atoms with Crippen molar-refractivity contribution >= 4 is 29.1 Å². The van der Waals surface area contributed by atoms with E-state index in [0.717, 1.165) is 37.3 Å². The van der Waals surface area contributed by atoms with E-state index in [9.17, 15) is 4.79 Å². The van der Waals surface area contributed by atoms with Crippen molar-refractivity contribution in [2.45, 2.75) is 45.2 Å². The Balaban J connectivity index is 1.60. The smallest absolute Gasteiger partial charge is 0.223 e. The summed E-state index contributed by atoms with van der Waals surface area (Å²) in [6.45, 7) is 3.65. The van der Waals surface area contributed by atoms with Crippen LogP contribution in [-0.4, -0.2) is 32.9 Å². The second kappa shape index (κ2) is 7.58. The van der Waals surface area contributed by atoms with Crippen molar-refractivity contribution in [2.75, 3.05) is 6.54 Å². The molecule has 0 spiro atoms. The van der Waals surface area contributed by atoms with Gasteiger partial charge in [0.15, 0.2) is 0 Å². The Bertz CT molecular complexity index is 729. The summed E-state index contributed by atoms with van der Waals surface area (Å²) in [6, 6.07) is 5.69. The Hall–Kier alpha value is -1.52. The summed E-state index contributed by atoms with van der Waals surface area (Å²) in [6.07, 6.45) is 7.00. The van der Waals surface area contributed by atoms with Gasteiger partial charge in [-0.15, -0.1) is 0 Å². The van der Waals surface area contributed by atoms with Crippen molar-refractivity contribution in [1.29, 1.82) is 0 Å². The number of hydrogen-bond donors (Lipinski definition) is 0. The number of aromatic nitrogens is 2. The molecule has 4 nitrogen and oxygen atoms in total. The number of likely N-dealkylation sites (tertiary alicyclic amines) is 1. The SMILES string of the molecule is Cc1nccn1CC1CCCN1C(=O)CCc1ccc(Cl)cc1Cl. The van der Waals surface area contributed by atoms with E-state index in [1.54, 1.807) is 12.3 Å². The van der Waals surface area contributed by atoms with Gasteiger partial charge in [-0.2, -0.15) is 0 Å². The Labute approximate surface area is 152 Å². The summed E-state index contributed by atoms with van der Waals surface area (Å²) in [7, 11) is 0. The fourth-order valence-electron chi connectivity index (χ4n) is 3.29. The third kappa shape index (κ3) is 3.93. The van der Waals surface area contributed by atoms with E-state index in [1.807, 2.05) is 30.2 Å². The van der Waals surface area contributed by atoms with Gasteiger partial charge in [-0.25, -0.2) is 4.98 Å². The van der Waals surface area contributed by atoms with E-state index in [-0.39, 0.29) is 11.9 Å². The summed E-state index contributed by atoms with van der Waals surface area (Å²) in [5.74, 6) is 1.18. The summed E-state index contributed by atoms with van der Waals surface area (Å²) in [5.41, 5.74) is 0.968. The molecule has 1 saturated heterocycles. The first-order valence-corrected chi connectivity index (χ1v) is 9.01. The average molecular weight is 366 g/mol. The van der Waals surface area contributed by atoms with Crippen molar-refractivity contribution in [3.63, 3.8) is 0 Å². The molecule has 24 heavy (non-hydrogen) atoms. The highest BCUT2D eigenvalue weighted by Crippen LogP contribution is 2.24. The molecular formula is C18H21Cl2N3O. The fraction of sp³-hybridized carbons (Fsp3) is 0.444. The highest BCUT2D eigenvalue weighted by atomic mass is 35.5. The molecule has 1 aliphatic heterocycles. The minimum absolute atomic E-state index is 0.196. The summed E-state index contributed by atoms with van der Waals surface area (Å²) < 4.78 is 2.12. The van der Waals surface area contributed by atoms with Gasteiger partial charge < -0.3 is 9.47 Å². The molecule has 2 aromatic rings. The fourth-order valence-corrected chi connectivity index (χ4v) is 3.79. The third-order valence-corrected chi connectivity index (χ3v) is 5.24. The van der Waals surface area contributed by atoms with E-state index >= 15 is 0 Å². The Morgan fingerprint density at radius 3 is 2.92 bits per heavy atom. The first kappa shape index (κ1) is 17.3. The Kier molecular flexibility index (Phi) is 5.47. The molecule has 1 unspecified atom stereocenters.